The SMILES string of the molecule is Nc1nc(OC2CCCCCC2)c(Cl)cc1Cl. The van der Waals surface area contributed by atoms with Crippen molar-refractivity contribution in [2.45, 2.75) is 44.6 Å². The van der Waals surface area contributed by atoms with Crippen molar-refractivity contribution in [2.24, 2.45) is 0 Å². The normalized spacial score (nSPS) is 17.8. The lowest BCUT2D eigenvalue weighted by molar-refractivity contribution is 0.176. The van der Waals surface area contributed by atoms with Crippen LogP contribution in [0.25, 0.3) is 0 Å². The Morgan fingerprint density at radius 3 is 2.41 bits per heavy atom. The molecule has 3 nitrogen and oxygen atoms in total. The van der Waals surface area contributed by atoms with E-state index in [0.717, 1.165) is 12.8 Å². The molecule has 0 unspecified atom stereocenters. The highest BCUT2D eigenvalue weighted by Crippen LogP contribution is 2.31. The maximum absolute atomic E-state index is 6.03. The predicted octanol–water partition coefficient (Wildman–Crippen LogP) is 4.07. The molecule has 0 aromatic carbocycles. The van der Waals surface area contributed by atoms with Crippen LogP contribution in [-0.4, -0.2) is 11.1 Å². The Kier molecular flexibility index (Phi) is 4.35. The molecule has 0 radical (unpaired) electrons. The minimum Gasteiger partial charge on any atom is -0.473 e. The van der Waals surface area contributed by atoms with Crippen LogP contribution >= 0.6 is 23.2 Å². The van der Waals surface area contributed by atoms with Crippen LogP contribution < -0.4 is 10.5 Å². The molecule has 1 aromatic rings. The van der Waals surface area contributed by atoms with Crippen molar-refractivity contribution in [2.75, 3.05) is 5.73 Å². The average Bonchev–Trinajstić information content (AvgIpc) is 2.54. The molecule has 0 amide bonds. The van der Waals surface area contributed by atoms with E-state index in [1.165, 1.54) is 25.7 Å². The molecule has 0 bridgehead atoms. The van der Waals surface area contributed by atoms with Crippen LogP contribution in [0.3, 0.4) is 0 Å². The van der Waals surface area contributed by atoms with Crippen molar-refractivity contribution < 1.29 is 4.74 Å². The maximum atomic E-state index is 6.03. The summed E-state index contributed by atoms with van der Waals surface area (Å²) in [6, 6.07) is 1.58. The molecule has 1 heterocycles. The fraction of sp³-hybridized carbons (Fsp3) is 0.583. The van der Waals surface area contributed by atoms with Gasteiger partial charge >= 0.3 is 0 Å². The Labute approximate surface area is 111 Å². The number of nitrogens with two attached hydrogens (primary N) is 1. The van der Waals surface area contributed by atoms with Crippen molar-refractivity contribution in [1.29, 1.82) is 0 Å². The monoisotopic (exact) mass is 274 g/mol. The van der Waals surface area contributed by atoms with E-state index in [4.69, 9.17) is 33.7 Å². The molecule has 1 fully saturated rings. The number of hydrogen-bond donors (Lipinski definition) is 1. The highest BCUT2D eigenvalue weighted by Gasteiger charge is 2.17. The van der Waals surface area contributed by atoms with Gasteiger partial charge in [-0.2, -0.15) is 4.98 Å². The molecule has 1 saturated carbocycles. The lowest BCUT2D eigenvalue weighted by Gasteiger charge is -2.17. The van der Waals surface area contributed by atoms with Gasteiger partial charge in [-0.25, -0.2) is 0 Å². The first-order valence-electron chi connectivity index (χ1n) is 5.95. The molecule has 1 aromatic heterocycles. The predicted molar refractivity (Wildman–Crippen MR) is 70.8 cm³/mol. The van der Waals surface area contributed by atoms with Crippen LogP contribution in [0, 0.1) is 0 Å². The number of halogens is 2. The fourth-order valence-corrected chi connectivity index (χ4v) is 2.47. The molecule has 0 saturated heterocycles. The fourth-order valence-electron chi connectivity index (χ4n) is 2.06. The average molecular weight is 275 g/mol. The zero-order chi connectivity index (χ0) is 12.3. The summed E-state index contributed by atoms with van der Waals surface area (Å²) >= 11 is 11.9. The van der Waals surface area contributed by atoms with Crippen LogP contribution in [0.2, 0.25) is 10.0 Å². The third-order valence-corrected chi connectivity index (χ3v) is 3.58. The van der Waals surface area contributed by atoms with Crippen molar-refractivity contribution >= 4 is 29.0 Å². The molecule has 94 valence electrons. The van der Waals surface area contributed by atoms with Gasteiger partial charge in [-0.3, -0.25) is 0 Å². The van der Waals surface area contributed by atoms with E-state index < -0.39 is 0 Å². The van der Waals surface area contributed by atoms with Gasteiger partial charge in [-0.15, -0.1) is 0 Å². The van der Waals surface area contributed by atoms with Crippen molar-refractivity contribution in [3.63, 3.8) is 0 Å². The Balaban J connectivity index is 2.09. The molecular formula is C12H16Cl2N2O. The number of pyridine rings is 1. The Bertz CT molecular complexity index is 390. The third-order valence-electron chi connectivity index (χ3n) is 3.00. The standard InChI is InChI=1S/C12H16Cl2N2O/c13-9-7-10(14)12(16-11(9)15)17-8-5-3-1-2-4-6-8/h7-8H,1-6H2,(H2,15,16). The molecule has 5 heteroatoms. The second kappa shape index (κ2) is 5.78. The lowest BCUT2D eigenvalue weighted by Crippen LogP contribution is -2.16. The molecule has 0 spiro atoms. The van der Waals surface area contributed by atoms with E-state index in [0.29, 0.717) is 15.9 Å². The van der Waals surface area contributed by atoms with Crippen molar-refractivity contribution in [1.82, 2.24) is 4.98 Å². The van der Waals surface area contributed by atoms with Crippen LogP contribution in [0.1, 0.15) is 38.5 Å². The van der Waals surface area contributed by atoms with Gasteiger partial charge in [0.05, 0.1) is 5.02 Å². The zero-order valence-corrected chi connectivity index (χ0v) is 11.1. The van der Waals surface area contributed by atoms with Gasteiger partial charge in [-0.1, -0.05) is 36.0 Å². The zero-order valence-electron chi connectivity index (χ0n) is 9.59. The molecule has 1 aliphatic rings. The summed E-state index contributed by atoms with van der Waals surface area (Å²) in [6.45, 7) is 0. The number of aromatic nitrogens is 1. The summed E-state index contributed by atoms with van der Waals surface area (Å²) in [5.74, 6) is 0.667. The van der Waals surface area contributed by atoms with E-state index in [-0.39, 0.29) is 11.9 Å². The molecule has 2 rings (SSSR count). The van der Waals surface area contributed by atoms with Crippen LogP contribution in [-0.2, 0) is 0 Å². The van der Waals surface area contributed by atoms with Crippen LogP contribution in [0.4, 0.5) is 5.82 Å². The maximum Gasteiger partial charge on any atom is 0.234 e. The molecule has 0 aliphatic heterocycles. The summed E-state index contributed by atoms with van der Waals surface area (Å²) < 4.78 is 5.82. The van der Waals surface area contributed by atoms with Gasteiger partial charge in [0.2, 0.25) is 5.88 Å². The van der Waals surface area contributed by atoms with Gasteiger partial charge < -0.3 is 10.5 Å². The number of nitrogen functional groups attached to an aromatic ring is 1. The number of anilines is 1. The van der Waals surface area contributed by atoms with Gasteiger partial charge in [0, 0.05) is 0 Å². The number of rotatable bonds is 2. The van der Waals surface area contributed by atoms with Crippen LogP contribution in [0.5, 0.6) is 5.88 Å². The smallest absolute Gasteiger partial charge is 0.234 e. The number of nitrogens with zero attached hydrogens (tertiary/aromatic N) is 1. The summed E-state index contributed by atoms with van der Waals surface area (Å²) in [5.41, 5.74) is 5.64. The molecule has 0 atom stereocenters. The first-order valence-corrected chi connectivity index (χ1v) is 6.70. The lowest BCUT2D eigenvalue weighted by atomic mass is 10.1. The van der Waals surface area contributed by atoms with E-state index in [1.807, 2.05) is 0 Å². The molecule has 2 N–H and O–H groups in total. The van der Waals surface area contributed by atoms with Gasteiger partial charge in [0.25, 0.3) is 0 Å². The van der Waals surface area contributed by atoms with Gasteiger partial charge in [0.1, 0.15) is 16.9 Å². The first kappa shape index (κ1) is 12.8. The summed E-state index contributed by atoms with van der Waals surface area (Å²) in [5, 5.41) is 0.789. The van der Waals surface area contributed by atoms with E-state index >= 15 is 0 Å². The number of hydrogen-bond acceptors (Lipinski definition) is 3. The van der Waals surface area contributed by atoms with E-state index in [1.54, 1.807) is 6.07 Å². The highest BCUT2D eigenvalue weighted by molar-refractivity contribution is 6.36. The van der Waals surface area contributed by atoms with Gasteiger partial charge in [-0.05, 0) is 31.7 Å². The Hall–Kier alpha value is -0.670. The Morgan fingerprint density at radius 1 is 1.12 bits per heavy atom. The molecular weight excluding hydrogens is 259 g/mol. The minimum absolute atomic E-state index is 0.197. The topological polar surface area (TPSA) is 48.1 Å². The molecule has 17 heavy (non-hydrogen) atoms. The quantitative estimate of drug-likeness (QED) is 0.827. The van der Waals surface area contributed by atoms with E-state index in [2.05, 4.69) is 4.98 Å². The minimum atomic E-state index is 0.197. The highest BCUT2D eigenvalue weighted by atomic mass is 35.5. The Morgan fingerprint density at radius 2 is 1.76 bits per heavy atom. The van der Waals surface area contributed by atoms with Crippen LogP contribution in [0.15, 0.2) is 6.07 Å². The third kappa shape index (κ3) is 3.39. The number of ether oxygens (including phenoxy) is 1. The second-order valence-corrected chi connectivity index (χ2v) is 5.19. The summed E-state index contributed by atoms with van der Waals surface area (Å²) in [4.78, 5) is 4.09. The van der Waals surface area contributed by atoms with Gasteiger partial charge in [0.15, 0.2) is 0 Å². The largest absolute Gasteiger partial charge is 0.473 e. The second-order valence-electron chi connectivity index (χ2n) is 4.37. The van der Waals surface area contributed by atoms with E-state index in [9.17, 15) is 0 Å². The molecule has 1 aliphatic carbocycles. The van der Waals surface area contributed by atoms with Crippen molar-refractivity contribution in [3.8, 4) is 5.88 Å². The summed E-state index contributed by atoms with van der Waals surface area (Å²) in [7, 11) is 0. The van der Waals surface area contributed by atoms with Crippen molar-refractivity contribution in [3.05, 3.63) is 16.1 Å². The first-order chi connectivity index (χ1) is 8.16. The summed E-state index contributed by atoms with van der Waals surface area (Å²) in [6.07, 6.45) is 7.27.